The van der Waals surface area contributed by atoms with Crippen LogP contribution in [0.5, 0.6) is 0 Å². The van der Waals surface area contributed by atoms with E-state index >= 15 is 0 Å². The summed E-state index contributed by atoms with van der Waals surface area (Å²) >= 11 is 4.37. The zero-order chi connectivity index (χ0) is 15.7. The molecular weight excluding hydrogens is 283 g/mol. The van der Waals surface area contributed by atoms with Gasteiger partial charge in [0.2, 0.25) is 0 Å². The van der Waals surface area contributed by atoms with Crippen LogP contribution >= 0.6 is 12.6 Å². The van der Waals surface area contributed by atoms with Gasteiger partial charge in [0, 0.05) is 11.3 Å². The summed E-state index contributed by atoms with van der Waals surface area (Å²) < 4.78 is 0. The zero-order valence-electron chi connectivity index (χ0n) is 13.1. The van der Waals surface area contributed by atoms with Gasteiger partial charge in [0.25, 0.3) is 0 Å². The molecule has 0 radical (unpaired) electrons. The minimum absolute atomic E-state index is 0.569. The molecule has 1 aromatic carbocycles. The normalized spacial score (nSPS) is 11.1. The van der Waals surface area contributed by atoms with Crippen molar-refractivity contribution in [2.24, 2.45) is 0 Å². The lowest BCUT2D eigenvalue weighted by Gasteiger charge is -2.19. The maximum atomic E-state index is 9.64. The third-order valence-corrected chi connectivity index (χ3v) is 4.63. The molecule has 0 spiro atoms. The second-order valence-corrected chi connectivity index (χ2v) is 11.2. The summed E-state index contributed by atoms with van der Waals surface area (Å²) in [6, 6.07) is 0. The van der Waals surface area contributed by atoms with E-state index in [9.17, 15) is 10.0 Å². The van der Waals surface area contributed by atoms with Gasteiger partial charge in [0.15, 0.2) is 0 Å². The van der Waals surface area contributed by atoms with Gasteiger partial charge in [-0.1, -0.05) is 25.6 Å². The fourth-order valence-electron chi connectivity index (χ4n) is 2.35. The van der Waals surface area contributed by atoms with Crippen LogP contribution in [-0.4, -0.2) is 25.2 Å². The Balaban J connectivity index is 3.67. The Hall–Kier alpha value is -0.668. The standard InChI is InChI=1S/C15H23BO2SSi/c1-10-13(7-8-20(4,5)6)11(2)15(16(17)18)12(3)14(10)9-19/h17-19H,9H2,1-6H3. The largest absolute Gasteiger partial charge is 0.489 e. The van der Waals surface area contributed by atoms with Gasteiger partial charge in [-0.25, -0.2) is 0 Å². The Kier molecular flexibility index (Phi) is 5.56. The van der Waals surface area contributed by atoms with E-state index in [0.29, 0.717) is 11.2 Å². The van der Waals surface area contributed by atoms with E-state index in [-0.39, 0.29) is 0 Å². The molecule has 0 saturated heterocycles. The van der Waals surface area contributed by atoms with Crippen molar-refractivity contribution in [2.75, 3.05) is 0 Å². The smallest absolute Gasteiger partial charge is 0.423 e. The average Bonchev–Trinajstić information content (AvgIpc) is 2.26. The summed E-state index contributed by atoms with van der Waals surface area (Å²) in [6.07, 6.45) is 0. The molecule has 5 heteroatoms. The first-order chi connectivity index (χ1) is 9.10. The maximum Gasteiger partial charge on any atom is 0.489 e. The first-order valence-electron chi connectivity index (χ1n) is 6.72. The predicted molar refractivity (Wildman–Crippen MR) is 93.4 cm³/mol. The fourth-order valence-corrected chi connectivity index (χ4v) is 3.33. The fraction of sp³-hybridized carbons (Fsp3) is 0.467. The topological polar surface area (TPSA) is 40.5 Å². The van der Waals surface area contributed by atoms with Crippen LogP contribution in [0.2, 0.25) is 19.6 Å². The third-order valence-electron chi connectivity index (χ3n) is 3.44. The van der Waals surface area contributed by atoms with Crippen molar-refractivity contribution in [1.29, 1.82) is 0 Å². The minimum atomic E-state index is -1.48. The minimum Gasteiger partial charge on any atom is -0.423 e. The van der Waals surface area contributed by atoms with E-state index in [2.05, 4.69) is 43.7 Å². The SMILES string of the molecule is Cc1c(C#C[Si](C)(C)C)c(C)c(B(O)O)c(C)c1CS. The van der Waals surface area contributed by atoms with Gasteiger partial charge in [-0.3, -0.25) is 0 Å². The molecule has 0 unspecified atom stereocenters. The third kappa shape index (κ3) is 3.70. The molecule has 108 valence electrons. The van der Waals surface area contributed by atoms with Gasteiger partial charge < -0.3 is 10.0 Å². The first kappa shape index (κ1) is 17.4. The van der Waals surface area contributed by atoms with E-state index in [4.69, 9.17) is 0 Å². The quantitative estimate of drug-likeness (QED) is 0.444. The number of rotatable bonds is 2. The Labute approximate surface area is 129 Å². The van der Waals surface area contributed by atoms with Crippen LogP contribution in [-0.2, 0) is 5.75 Å². The van der Waals surface area contributed by atoms with Crippen molar-refractivity contribution in [3.63, 3.8) is 0 Å². The van der Waals surface area contributed by atoms with Crippen molar-refractivity contribution >= 4 is 33.3 Å². The monoisotopic (exact) mass is 306 g/mol. The average molecular weight is 306 g/mol. The Morgan fingerprint density at radius 2 is 1.60 bits per heavy atom. The van der Waals surface area contributed by atoms with E-state index in [1.54, 1.807) is 0 Å². The molecule has 0 atom stereocenters. The Morgan fingerprint density at radius 3 is 2.00 bits per heavy atom. The lowest BCUT2D eigenvalue weighted by molar-refractivity contribution is 0.425. The number of benzene rings is 1. The summed E-state index contributed by atoms with van der Waals surface area (Å²) in [6.45, 7) is 12.4. The molecule has 0 bridgehead atoms. The Morgan fingerprint density at radius 1 is 1.05 bits per heavy atom. The predicted octanol–water partition coefficient (Wildman–Crippen LogP) is 1.95. The van der Waals surface area contributed by atoms with E-state index in [0.717, 1.165) is 27.8 Å². The molecule has 1 aromatic rings. The van der Waals surface area contributed by atoms with E-state index in [1.165, 1.54) is 0 Å². The summed E-state index contributed by atoms with van der Waals surface area (Å²) in [5.41, 5.74) is 8.77. The first-order valence-corrected chi connectivity index (χ1v) is 10.9. The van der Waals surface area contributed by atoms with Gasteiger partial charge >= 0.3 is 7.12 Å². The van der Waals surface area contributed by atoms with Crippen molar-refractivity contribution in [1.82, 2.24) is 0 Å². The van der Waals surface area contributed by atoms with Gasteiger partial charge in [0.1, 0.15) is 8.07 Å². The van der Waals surface area contributed by atoms with Gasteiger partial charge in [-0.2, -0.15) is 12.6 Å². The zero-order valence-corrected chi connectivity index (χ0v) is 15.0. The molecule has 2 nitrogen and oxygen atoms in total. The molecule has 0 fully saturated rings. The van der Waals surface area contributed by atoms with Gasteiger partial charge in [-0.05, 0) is 48.5 Å². The van der Waals surface area contributed by atoms with Crippen LogP contribution in [0.1, 0.15) is 27.8 Å². The molecule has 0 amide bonds. The molecule has 0 aromatic heterocycles. The highest BCUT2D eigenvalue weighted by Crippen LogP contribution is 2.22. The van der Waals surface area contributed by atoms with Crippen LogP contribution in [0.25, 0.3) is 0 Å². The molecule has 2 N–H and O–H groups in total. The summed E-state index contributed by atoms with van der Waals surface area (Å²) in [5, 5.41) is 19.3. The second-order valence-electron chi connectivity index (χ2n) is 6.17. The molecule has 1 rings (SSSR count). The maximum absolute atomic E-state index is 9.64. The summed E-state index contributed by atoms with van der Waals surface area (Å²) in [5.74, 6) is 3.84. The van der Waals surface area contributed by atoms with Crippen molar-refractivity contribution in [2.45, 2.75) is 46.2 Å². The number of hydrogen-bond acceptors (Lipinski definition) is 3. The van der Waals surface area contributed by atoms with E-state index < -0.39 is 15.2 Å². The molecule has 0 aliphatic rings. The van der Waals surface area contributed by atoms with Crippen LogP contribution in [0.15, 0.2) is 0 Å². The van der Waals surface area contributed by atoms with Crippen LogP contribution in [0, 0.1) is 32.2 Å². The Bertz CT molecular complexity index is 580. The van der Waals surface area contributed by atoms with Crippen LogP contribution in [0.4, 0.5) is 0 Å². The molecule has 0 aliphatic carbocycles. The summed E-state index contributed by atoms with van der Waals surface area (Å²) in [7, 11) is -2.95. The molecule has 20 heavy (non-hydrogen) atoms. The molecule has 0 aliphatic heterocycles. The van der Waals surface area contributed by atoms with Gasteiger partial charge in [0.05, 0.1) is 0 Å². The van der Waals surface area contributed by atoms with Gasteiger partial charge in [-0.15, -0.1) is 5.54 Å². The van der Waals surface area contributed by atoms with Crippen molar-refractivity contribution < 1.29 is 10.0 Å². The molecule has 0 heterocycles. The number of thiol groups is 1. The molecule has 0 saturated carbocycles. The lowest BCUT2D eigenvalue weighted by atomic mass is 9.71. The van der Waals surface area contributed by atoms with E-state index in [1.807, 2.05) is 20.8 Å². The highest BCUT2D eigenvalue weighted by molar-refractivity contribution is 7.79. The van der Waals surface area contributed by atoms with Crippen molar-refractivity contribution in [3.05, 3.63) is 27.8 Å². The van der Waals surface area contributed by atoms with Crippen molar-refractivity contribution in [3.8, 4) is 11.5 Å². The lowest BCUT2D eigenvalue weighted by Crippen LogP contribution is -2.36. The van der Waals surface area contributed by atoms with Crippen LogP contribution in [0.3, 0.4) is 0 Å². The number of hydrogen-bond donors (Lipinski definition) is 3. The molecular formula is C15H23BO2SSi. The van der Waals surface area contributed by atoms with Crippen LogP contribution < -0.4 is 5.46 Å². The highest BCUT2D eigenvalue weighted by Gasteiger charge is 2.23. The highest BCUT2D eigenvalue weighted by atomic mass is 32.1. The second kappa shape index (κ2) is 6.40. The summed E-state index contributed by atoms with van der Waals surface area (Å²) in [4.78, 5) is 0.